The van der Waals surface area contributed by atoms with Gasteiger partial charge in [0.2, 0.25) is 0 Å². The van der Waals surface area contributed by atoms with E-state index in [9.17, 15) is 0 Å². The summed E-state index contributed by atoms with van der Waals surface area (Å²) in [7, 11) is 0. The Morgan fingerprint density at radius 3 is 2.50 bits per heavy atom. The Bertz CT molecular complexity index is 442. The van der Waals surface area contributed by atoms with Gasteiger partial charge in [-0.25, -0.2) is 0 Å². The van der Waals surface area contributed by atoms with Gasteiger partial charge in [-0.2, -0.15) is 0 Å². The largest absolute Gasteiger partial charge is 0.372 e. The van der Waals surface area contributed by atoms with Crippen molar-refractivity contribution < 1.29 is 4.74 Å². The molecule has 1 aromatic rings. The molecule has 0 radical (unpaired) electrons. The topological polar surface area (TPSA) is 47.3 Å². The third-order valence-corrected chi connectivity index (χ3v) is 5.23. The quantitative estimate of drug-likeness (QED) is 0.886. The van der Waals surface area contributed by atoms with Crippen molar-refractivity contribution >= 4 is 0 Å². The van der Waals surface area contributed by atoms with Gasteiger partial charge in [-0.05, 0) is 37.9 Å². The number of hydrogen-bond donors (Lipinski definition) is 2. The van der Waals surface area contributed by atoms with E-state index in [1.807, 2.05) is 0 Å². The van der Waals surface area contributed by atoms with Crippen LogP contribution < -0.4 is 11.1 Å². The van der Waals surface area contributed by atoms with Gasteiger partial charge in [0.05, 0.1) is 12.2 Å². The smallest absolute Gasteiger partial charge is 0.0952 e. The van der Waals surface area contributed by atoms with Gasteiger partial charge in [0.25, 0.3) is 0 Å². The van der Waals surface area contributed by atoms with E-state index in [4.69, 9.17) is 10.5 Å². The summed E-state index contributed by atoms with van der Waals surface area (Å²) in [6.45, 7) is 5.06. The van der Waals surface area contributed by atoms with Gasteiger partial charge < -0.3 is 15.8 Å². The monoisotopic (exact) mass is 274 g/mol. The van der Waals surface area contributed by atoms with Crippen LogP contribution in [0.4, 0.5) is 0 Å². The summed E-state index contributed by atoms with van der Waals surface area (Å²) in [5, 5.41) is 3.42. The van der Waals surface area contributed by atoms with Gasteiger partial charge in [-0.3, -0.25) is 0 Å². The fourth-order valence-electron chi connectivity index (χ4n) is 4.07. The van der Waals surface area contributed by atoms with Crippen LogP contribution in [-0.2, 0) is 4.74 Å². The van der Waals surface area contributed by atoms with Crippen molar-refractivity contribution in [2.75, 3.05) is 19.7 Å². The first kappa shape index (κ1) is 14.1. The van der Waals surface area contributed by atoms with E-state index in [0.717, 1.165) is 45.4 Å². The Hall–Kier alpha value is -0.900. The van der Waals surface area contributed by atoms with Gasteiger partial charge in [-0.15, -0.1) is 0 Å². The highest BCUT2D eigenvalue weighted by atomic mass is 16.5. The lowest BCUT2D eigenvalue weighted by molar-refractivity contribution is -0.220. The molecule has 2 aliphatic rings. The first-order valence-electron chi connectivity index (χ1n) is 7.90. The van der Waals surface area contributed by atoms with Crippen LogP contribution in [0.25, 0.3) is 0 Å². The van der Waals surface area contributed by atoms with E-state index in [0.29, 0.717) is 5.92 Å². The molecule has 2 heterocycles. The zero-order chi connectivity index (χ0) is 14.1. The maximum atomic E-state index is 6.85. The highest BCUT2D eigenvalue weighted by Crippen LogP contribution is 2.52. The normalized spacial score (nSPS) is 32.6. The van der Waals surface area contributed by atoms with Gasteiger partial charge in [0, 0.05) is 11.5 Å². The van der Waals surface area contributed by atoms with Crippen LogP contribution in [0.1, 0.15) is 44.1 Å². The fourth-order valence-corrected chi connectivity index (χ4v) is 4.07. The van der Waals surface area contributed by atoms with Crippen molar-refractivity contribution in [2.24, 2.45) is 5.73 Å². The SMILES string of the molecule is CCCC1(C2(N)CCNCC2)OCC1c1ccccc1. The molecule has 20 heavy (non-hydrogen) atoms. The van der Waals surface area contributed by atoms with Crippen LogP contribution in [0.3, 0.4) is 0 Å². The summed E-state index contributed by atoms with van der Waals surface area (Å²) in [6.07, 6.45) is 4.20. The zero-order valence-electron chi connectivity index (χ0n) is 12.4. The maximum absolute atomic E-state index is 6.85. The summed E-state index contributed by atoms with van der Waals surface area (Å²) in [4.78, 5) is 0. The van der Waals surface area contributed by atoms with E-state index in [1.165, 1.54) is 5.56 Å². The molecule has 3 heteroatoms. The molecule has 2 aliphatic heterocycles. The van der Waals surface area contributed by atoms with Crippen LogP contribution in [0.15, 0.2) is 30.3 Å². The van der Waals surface area contributed by atoms with Gasteiger partial charge in [0.15, 0.2) is 0 Å². The lowest BCUT2D eigenvalue weighted by atomic mass is 9.61. The summed E-state index contributed by atoms with van der Waals surface area (Å²) in [5.74, 6) is 0.451. The Morgan fingerprint density at radius 2 is 1.95 bits per heavy atom. The molecule has 2 fully saturated rings. The van der Waals surface area contributed by atoms with Crippen LogP contribution >= 0.6 is 0 Å². The highest BCUT2D eigenvalue weighted by Gasteiger charge is 2.60. The summed E-state index contributed by atoms with van der Waals surface area (Å²) in [6, 6.07) is 10.8. The van der Waals surface area contributed by atoms with E-state index in [2.05, 4.69) is 42.6 Å². The van der Waals surface area contributed by atoms with E-state index in [1.54, 1.807) is 0 Å². The molecule has 0 aromatic heterocycles. The van der Waals surface area contributed by atoms with Crippen LogP contribution in [0, 0.1) is 0 Å². The molecule has 110 valence electrons. The van der Waals surface area contributed by atoms with E-state index in [-0.39, 0.29) is 11.1 Å². The Labute approximate surface area is 121 Å². The molecule has 2 saturated heterocycles. The van der Waals surface area contributed by atoms with Crippen molar-refractivity contribution in [2.45, 2.75) is 49.7 Å². The molecular formula is C17H26N2O. The first-order chi connectivity index (χ1) is 9.72. The first-order valence-corrected chi connectivity index (χ1v) is 7.90. The van der Waals surface area contributed by atoms with Crippen LogP contribution in [-0.4, -0.2) is 30.8 Å². The molecule has 3 nitrogen and oxygen atoms in total. The number of hydrogen-bond acceptors (Lipinski definition) is 3. The van der Waals surface area contributed by atoms with E-state index < -0.39 is 0 Å². The predicted octanol–water partition coefficient (Wildman–Crippen LogP) is 2.42. The van der Waals surface area contributed by atoms with Crippen molar-refractivity contribution in [3.8, 4) is 0 Å². The number of nitrogens with one attached hydrogen (secondary N) is 1. The second kappa shape index (κ2) is 5.47. The highest BCUT2D eigenvalue weighted by molar-refractivity contribution is 5.30. The Kier molecular flexibility index (Phi) is 3.85. The van der Waals surface area contributed by atoms with Gasteiger partial charge in [-0.1, -0.05) is 43.7 Å². The Balaban J connectivity index is 1.92. The Morgan fingerprint density at radius 1 is 1.25 bits per heavy atom. The number of benzene rings is 1. The molecule has 3 rings (SSSR count). The molecule has 0 aliphatic carbocycles. The summed E-state index contributed by atoms with van der Waals surface area (Å²) in [5.41, 5.74) is 7.88. The molecule has 0 amide bonds. The summed E-state index contributed by atoms with van der Waals surface area (Å²) >= 11 is 0. The molecule has 2 atom stereocenters. The van der Waals surface area contributed by atoms with Gasteiger partial charge in [0.1, 0.15) is 0 Å². The molecule has 0 spiro atoms. The number of ether oxygens (including phenoxy) is 1. The molecule has 0 saturated carbocycles. The number of piperidine rings is 1. The number of rotatable bonds is 4. The van der Waals surface area contributed by atoms with Gasteiger partial charge >= 0.3 is 0 Å². The third kappa shape index (κ3) is 2.09. The summed E-state index contributed by atoms with van der Waals surface area (Å²) < 4.78 is 6.22. The molecule has 3 N–H and O–H groups in total. The maximum Gasteiger partial charge on any atom is 0.0952 e. The molecule has 2 unspecified atom stereocenters. The lowest BCUT2D eigenvalue weighted by Gasteiger charge is -2.60. The average Bonchev–Trinajstić information content (AvgIpc) is 2.45. The minimum atomic E-state index is -0.187. The predicted molar refractivity (Wildman–Crippen MR) is 81.8 cm³/mol. The molecular weight excluding hydrogens is 248 g/mol. The minimum Gasteiger partial charge on any atom is -0.372 e. The number of nitrogens with two attached hydrogens (primary N) is 1. The molecule has 1 aromatic carbocycles. The second-order valence-electron chi connectivity index (χ2n) is 6.32. The van der Waals surface area contributed by atoms with Crippen molar-refractivity contribution in [3.05, 3.63) is 35.9 Å². The van der Waals surface area contributed by atoms with Crippen LogP contribution in [0.2, 0.25) is 0 Å². The van der Waals surface area contributed by atoms with Crippen LogP contribution in [0.5, 0.6) is 0 Å². The van der Waals surface area contributed by atoms with Crippen molar-refractivity contribution in [1.29, 1.82) is 0 Å². The third-order valence-electron chi connectivity index (χ3n) is 5.23. The zero-order valence-corrected chi connectivity index (χ0v) is 12.4. The average molecular weight is 274 g/mol. The standard InChI is InChI=1S/C17H26N2O/c1-2-8-17(16(18)9-11-19-12-10-16)15(13-20-17)14-6-4-3-5-7-14/h3-7,15,19H,2,8-13,18H2,1H3. The van der Waals surface area contributed by atoms with Crippen molar-refractivity contribution in [3.63, 3.8) is 0 Å². The minimum absolute atomic E-state index is 0.162. The lowest BCUT2D eigenvalue weighted by Crippen LogP contribution is -2.72. The van der Waals surface area contributed by atoms with Crippen molar-refractivity contribution in [1.82, 2.24) is 5.32 Å². The molecule has 0 bridgehead atoms. The fraction of sp³-hybridized carbons (Fsp3) is 0.647. The second-order valence-corrected chi connectivity index (χ2v) is 6.32. The van der Waals surface area contributed by atoms with E-state index >= 15 is 0 Å².